The molecule has 0 aromatic heterocycles. The third-order valence-electron chi connectivity index (χ3n) is 4.53. The van der Waals surface area contributed by atoms with Crippen LogP contribution in [0.3, 0.4) is 0 Å². The van der Waals surface area contributed by atoms with Crippen molar-refractivity contribution in [1.29, 1.82) is 0 Å². The average Bonchev–Trinajstić information content (AvgIpc) is 2.53. The lowest BCUT2D eigenvalue weighted by atomic mass is 9.87. The van der Waals surface area contributed by atoms with Gasteiger partial charge in [-0.25, -0.2) is 8.42 Å². The topological polar surface area (TPSA) is 57.7 Å². The van der Waals surface area contributed by atoms with E-state index in [1.807, 2.05) is 26.0 Å². The predicted octanol–water partition coefficient (Wildman–Crippen LogP) is 2.86. The predicted molar refractivity (Wildman–Crippen MR) is 99.9 cm³/mol. The van der Waals surface area contributed by atoms with Gasteiger partial charge in [0.2, 0.25) is 15.9 Å². The molecule has 0 spiro atoms. The van der Waals surface area contributed by atoms with E-state index in [9.17, 15) is 13.2 Å². The van der Waals surface area contributed by atoms with Crippen LogP contribution < -0.4 is 0 Å². The van der Waals surface area contributed by atoms with E-state index in [0.29, 0.717) is 43.4 Å². The molecule has 2 rings (SSSR count). The Morgan fingerprint density at radius 1 is 1.04 bits per heavy atom. The molecule has 1 heterocycles. The first kappa shape index (κ1) is 19.9. The molecule has 5 nitrogen and oxygen atoms in total. The molecule has 0 aliphatic carbocycles. The molecular weight excluding hydrogens is 336 g/mol. The van der Waals surface area contributed by atoms with Crippen LogP contribution in [0.5, 0.6) is 0 Å². The molecule has 1 fully saturated rings. The number of hydrogen-bond donors (Lipinski definition) is 0. The molecule has 0 saturated carbocycles. The van der Waals surface area contributed by atoms with Crippen LogP contribution in [-0.4, -0.2) is 49.7 Å². The highest BCUT2D eigenvalue weighted by Gasteiger charge is 2.30. The van der Waals surface area contributed by atoms with Gasteiger partial charge in [0.1, 0.15) is 0 Å². The van der Waals surface area contributed by atoms with Gasteiger partial charge >= 0.3 is 0 Å². The first-order chi connectivity index (χ1) is 11.5. The lowest BCUT2D eigenvalue weighted by Gasteiger charge is -2.34. The van der Waals surface area contributed by atoms with E-state index in [0.717, 1.165) is 5.56 Å². The molecule has 0 radical (unpaired) electrons. The molecular formula is C19H30N2O3S. The Kier molecular flexibility index (Phi) is 5.94. The number of piperazine rings is 1. The summed E-state index contributed by atoms with van der Waals surface area (Å²) in [5, 5.41) is 0. The molecule has 0 unspecified atom stereocenters. The number of amides is 1. The van der Waals surface area contributed by atoms with Gasteiger partial charge in [0.15, 0.2) is 0 Å². The van der Waals surface area contributed by atoms with E-state index in [1.165, 1.54) is 4.31 Å². The summed E-state index contributed by atoms with van der Waals surface area (Å²) in [4.78, 5) is 14.2. The summed E-state index contributed by atoms with van der Waals surface area (Å²) in [6.45, 7) is 12.0. The summed E-state index contributed by atoms with van der Waals surface area (Å²) < 4.78 is 27.1. The zero-order chi connectivity index (χ0) is 18.8. The molecule has 1 aliphatic rings. The highest BCUT2D eigenvalue weighted by molar-refractivity contribution is 7.89. The van der Waals surface area contributed by atoms with Crippen molar-refractivity contribution < 1.29 is 13.2 Å². The van der Waals surface area contributed by atoms with Crippen molar-refractivity contribution in [2.75, 3.05) is 26.2 Å². The number of carbonyl (C=O) groups is 1. The molecule has 140 valence electrons. The van der Waals surface area contributed by atoms with Crippen molar-refractivity contribution in [1.82, 2.24) is 9.21 Å². The van der Waals surface area contributed by atoms with Gasteiger partial charge in [-0.15, -0.1) is 0 Å². The smallest absolute Gasteiger partial charge is 0.243 e. The van der Waals surface area contributed by atoms with Crippen LogP contribution >= 0.6 is 0 Å². The average molecular weight is 367 g/mol. The van der Waals surface area contributed by atoms with E-state index < -0.39 is 10.0 Å². The standard InChI is InChI=1S/C19H30N2O3S/c1-15(2)14-18(22)20-10-12-21(13-11-20)25(23,24)17-8-6-16(7-9-17)19(3,4)5/h6-9,15H,10-14H2,1-5H3. The summed E-state index contributed by atoms with van der Waals surface area (Å²) in [6, 6.07) is 7.14. The largest absolute Gasteiger partial charge is 0.340 e. The highest BCUT2D eigenvalue weighted by Crippen LogP contribution is 2.25. The molecule has 6 heteroatoms. The minimum Gasteiger partial charge on any atom is -0.340 e. The van der Waals surface area contributed by atoms with E-state index in [-0.39, 0.29) is 11.3 Å². The quantitative estimate of drug-likeness (QED) is 0.823. The molecule has 0 bridgehead atoms. The Morgan fingerprint density at radius 2 is 1.56 bits per heavy atom. The monoisotopic (exact) mass is 366 g/mol. The molecule has 1 amide bonds. The van der Waals surface area contributed by atoms with Crippen molar-refractivity contribution in [2.24, 2.45) is 5.92 Å². The Labute approximate surface area is 152 Å². The van der Waals surface area contributed by atoms with Crippen molar-refractivity contribution in [3.05, 3.63) is 29.8 Å². The number of hydrogen-bond acceptors (Lipinski definition) is 3. The Balaban J connectivity index is 2.05. The Bertz CT molecular complexity index is 695. The summed E-state index contributed by atoms with van der Waals surface area (Å²) in [6.07, 6.45) is 0.515. The van der Waals surface area contributed by atoms with Gasteiger partial charge in [0.05, 0.1) is 4.90 Å². The van der Waals surface area contributed by atoms with Crippen LogP contribution in [0.15, 0.2) is 29.2 Å². The molecule has 1 saturated heterocycles. The molecule has 1 aliphatic heterocycles. The molecule has 0 atom stereocenters. The number of carbonyl (C=O) groups excluding carboxylic acids is 1. The number of rotatable bonds is 4. The van der Waals surface area contributed by atoms with Gasteiger partial charge in [0, 0.05) is 32.6 Å². The van der Waals surface area contributed by atoms with E-state index >= 15 is 0 Å². The summed E-state index contributed by atoms with van der Waals surface area (Å²) >= 11 is 0. The zero-order valence-electron chi connectivity index (χ0n) is 15.9. The second-order valence-electron chi connectivity index (χ2n) is 8.16. The lowest BCUT2D eigenvalue weighted by Crippen LogP contribution is -2.50. The SMILES string of the molecule is CC(C)CC(=O)N1CCN(S(=O)(=O)c2ccc(C(C)(C)C)cc2)CC1. The van der Waals surface area contributed by atoms with Gasteiger partial charge < -0.3 is 4.90 Å². The molecule has 1 aromatic rings. The summed E-state index contributed by atoms with van der Waals surface area (Å²) in [5.74, 6) is 0.428. The van der Waals surface area contributed by atoms with Crippen LogP contribution in [0, 0.1) is 5.92 Å². The van der Waals surface area contributed by atoms with Crippen LogP contribution in [0.25, 0.3) is 0 Å². The first-order valence-electron chi connectivity index (χ1n) is 8.90. The maximum atomic E-state index is 12.8. The number of nitrogens with zero attached hydrogens (tertiary/aromatic N) is 2. The van der Waals surface area contributed by atoms with Crippen LogP contribution in [-0.2, 0) is 20.2 Å². The maximum absolute atomic E-state index is 12.8. The second kappa shape index (κ2) is 7.46. The fourth-order valence-corrected chi connectivity index (χ4v) is 4.35. The maximum Gasteiger partial charge on any atom is 0.243 e. The lowest BCUT2D eigenvalue weighted by molar-refractivity contribution is -0.133. The third-order valence-corrected chi connectivity index (χ3v) is 6.45. The fraction of sp³-hybridized carbons (Fsp3) is 0.632. The Hall–Kier alpha value is -1.40. The molecule has 0 N–H and O–H groups in total. The molecule has 1 aromatic carbocycles. The van der Waals surface area contributed by atoms with Crippen LogP contribution in [0.2, 0.25) is 0 Å². The van der Waals surface area contributed by atoms with E-state index in [4.69, 9.17) is 0 Å². The van der Waals surface area contributed by atoms with E-state index in [1.54, 1.807) is 17.0 Å². The van der Waals surface area contributed by atoms with Crippen molar-refractivity contribution >= 4 is 15.9 Å². The van der Waals surface area contributed by atoms with Gasteiger partial charge in [-0.1, -0.05) is 46.8 Å². The minimum atomic E-state index is -3.50. The van der Waals surface area contributed by atoms with Crippen LogP contribution in [0.1, 0.15) is 46.6 Å². The van der Waals surface area contributed by atoms with Gasteiger partial charge in [-0.2, -0.15) is 4.31 Å². The van der Waals surface area contributed by atoms with Gasteiger partial charge in [-0.05, 0) is 29.0 Å². The fourth-order valence-electron chi connectivity index (χ4n) is 2.93. The summed E-state index contributed by atoms with van der Waals surface area (Å²) in [5.41, 5.74) is 1.10. The Morgan fingerprint density at radius 3 is 2.00 bits per heavy atom. The third kappa shape index (κ3) is 4.82. The van der Waals surface area contributed by atoms with Gasteiger partial charge in [0.25, 0.3) is 0 Å². The van der Waals surface area contributed by atoms with E-state index in [2.05, 4.69) is 20.8 Å². The van der Waals surface area contributed by atoms with Crippen molar-refractivity contribution in [3.63, 3.8) is 0 Å². The normalized spacial score (nSPS) is 17.1. The number of benzene rings is 1. The van der Waals surface area contributed by atoms with Crippen molar-refractivity contribution in [3.8, 4) is 0 Å². The zero-order valence-corrected chi connectivity index (χ0v) is 16.8. The van der Waals surface area contributed by atoms with Gasteiger partial charge in [-0.3, -0.25) is 4.79 Å². The molecule has 25 heavy (non-hydrogen) atoms. The second-order valence-corrected chi connectivity index (χ2v) is 10.1. The van der Waals surface area contributed by atoms with Crippen LogP contribution in [0.4, 0.5) is 0 Å². The summed E-state index contributed by atoms with van der Waals surface area (Å²) in [7, 11) is -3.50. The van der Waals surface area contributed by atoms with Crippen molar-refractivity contribution in [2.45, 2.75) is 51.3 Å². The minimum absolute atomic E-state index is 0.00923. The first-order valence-corrected chi connectivity index (χ1v) is 10.3. The number of sulfonamides is 1. The highest BCUT2D eigenvalue weighted by atomic mass is 32.2.